The Morgan fingerprint density at radius 2 is 1.95 bits per heavy atom. The minimum Gasteiger partial charge on any atom is -0.377 e. The van der Waals surface area contributed by atoms with Crippen LogP contribution < -0.4 is 5.32 Å². The molecular formula is C17H14ClFN2. The third-order valence-electron chi connectivity index (χ3n) is 3.35. The van der Waals surface area contributed by atoms with Crippen LogP contribution in [0, 0.1) is 12.7 Å². The van der Waals surface area contributed by atoms with E-state index in [4.69, 9.17) is 11.6 Å². The molecule has 0 spiro atoms. The molecule has 0 bridgehead atoms. The van der Waals surface area contributed by atoms with Crippen LogP contribution in [-0.2, 0) is 6.54 Å². The molecule has 0 radical (unpaired) electrons. The van der Waals surface area contributed by atoms with Gasteiger partial charge in [0.1, 0.15) is 5.82 Å². The van der Waals surface area contributed by atoms with E-state index in [1.807, 2.05) is 37.3 Å². The number of pyridine rings is 1. The molecule has 0 atom stereocenters. The van der Waals surface area contributed by atoms with Crippen LogP contribution in [0.5, 0.6) is 0 Å². The van der Waals surface area contributed by atoms with Crippen molar-refractivity contribution in [1.82, 2.24) is 4.98 Å². The standard InChI is InChI=1S/C17H14ClFN2/c1-11-9-12(13-5-2-3-8-16(13)21-11)10-20-17-14(18)6-4-7-15(17)19/h2-9,20H,10H2,1H3. The van der Waals surface area contributed by atoms with Crippen molar-refractivity contribution in [1.29, 1.82) is 0 Å². The number of hydrogen-bond donors (Lipinski definition) is 1. The summed E-state index contributed by atoms with van der Waals surface area (Å²) in [5.74, 6) is -0.349. The lowest BCUT2D eigenvalue weighted by Gasteiger charge is -2.12. The molecule has 3 aromatic rings. The van der Waals surface area contributed by atoms with Crippen LogP contribution in [0.25, 0.3) is 10.9 Å². The molecule has 106 valence electrons. The summed E-state index contributed by atoms with van der Waals surface area (Å²) in [5.41, 5.74) is 3.27. The molecule has 0 aliphatic heterocycles. The first-order valence-electron chi connectivity index (χ1n) is 6.68. The molecule has 0 amide bonds. The largest absolute Gasteiger partial charge is 0.377 e. The van der Waals surface area contributed by atoms with Gasteiger partial charge < -0.3 is 5.32 Å². The summed E-state index contributed by atoms with van der Waals surface area (Å²) in [6, 6.07) is 14.6. The third-order valence-corrected chi connectivity index (χ3v) is 3.66. The van der Waals surface area contributed by atoms with Gasteiger partial charge in [-0.25, -0.2) is 4.39 Å². The van der Waals surface area contributed by atoms with Crippen LogP contribution in [0.3, 0.4) is 0 Å². The monoisotopic (exact) mass is 300 g/mol. The van der Waals surface area contributed by atoms with E-state index in [-0.39, 0.29) is 5.82 Å². The van der Waals surface area contributed by atoms with Gasteiger partial charge in [-0.05, 0) is 36.8 Å². The zero-order valence-electron chi connectivity index (χ0n) is 11.5. The van der Waals surface area contributed by atoms with Crippen LogP contribution in [0.1, 0.15) is 11.3 Å². The van der Waals surface area contributed by atoms with Crippen molar-refractivity contribution in [3.63, 3.8) is 0 Å². The van der Waals surface area contributed by atoms with Crippen molar-refractivity contribution >= 4 is 28.2 Å². The van der Waals surface area contributed by atoms with Gasteiger partial charge in [0, 0.05) is 17.6 Å². The number of nitrogens with one attached hydrogen (secondary N) is 1. The van der Waals surface area contributed by atoms with Gasteiger partial charge in [0.25, 0.3) is 0 Å². The minimum atomic E-state index is -0.349. The number of halogens is 2. The summed E-state index contributed by atoms with van der Waals surface area (Å²) < 4.78 is 13.8. The molecule has 1 heterocycles. The number of fused-ring (bicyclic) bond motifs is 1. The molecule has 0 aliphatic carbocycles. The zero-order chi connectivity index (χ0) is 14.8. The van der Waals surface area contributed by atoms with Crippen LogP contribution in [-0.4, -0.2) is 4.98 Å². The van der Waals surface area contributed by atoms with Crippen molar-refractivity contribution in [2.45, 2.75) is 13.5 Å². The van der Waals surface area contributed by atoms with E-state index in [1.54, 1.807) is 12.1 Å². The lowest BCUT2D eigenvalue weighted by Crippen LogP contribution is -2.04. The lowest BCUT2D eigenvalue weighted by molar-refractivity contribution is 0.630. The molecule has 0 saturated heterocycles. The topological polar surface area (TPSA) is 24.9 Å². The third kappa shape index (κ3) is 2.83. The SMILES string of the molecule is Cc1cc(CNc2c(F)cccc2Cl)c2ccccc2n1. The summed E-state index contributed by atoms with van der Waals surface area (Å²) in [6.45, 7) is 2.44. The van der Waals surface area contributed by atoms with Gasteiger partial charge in [-0.2, -0.15) is 0 Å². The smallest absolute Gasteiger partial charge is 0.147 e. The number of nitrogens with zero attached hydrogens (tertiary/aromatic N) is 1. The average Bonchev–Trinajstić information content (AvgIpc) is 2.46. The molecule has 1 aromatic heterocycles. The summed E-state index contributed by atoms with van der Waals surface area (Å²) in [6.07, 6.45) is 0. The summed E-state index contributed by atoms with van der Waals surface area (Å²) in [5, 5.41) is 4.52. The molecule has 0 unspecified atom stereocenters. The average molecular weight is 301 g/mol. The van der Waals surface area contributed by atoms with Crippen molar-refractivity contribution in [2.24, 2.45) is 0 Å². The Kier molecular flexibility index (Phi) is 3.76. The van der Waals surface area contributed by atoms with Crippen molar-refractivity contribution in [3.05, 3.63) is 70.6 Å². The number of aryl methyl sites for hydroxylation is 1. The highest BCUT2D eigenvalue weighted by atomic mass is 35.5. The summed E-state index contributed by atoms with van der Waals surface area (Å²) >= 11 is 6.03. The molecule has 4 heteroatoms. The molecule has 0 aliphatic rings. The number of aromatic nitrogens is 1. The molecular weight excluding hydrogens is 287 g/mol. The van der Waals surface area contributed by atoms with E-state index in [9.17, 15) is 4.39 Å². The van der Waals surface area contributed by atoms with Gasteiger partial charge in [0.2, 0.25) is 0 Å². The highest BCUT2D eigenvalue weighted by molar-refractivity contribution is 6.33. The van der Waals surface area contributed by atoms with E-state index >= 15 is 0 Å². The van der Waals surface area contributed by atoms with Gasteiger partial charge in [0.15, 0.2) is 0 Å². The zero-order valence-corrected chi connectivity index (χ0v) is 12.3. The summed E-state index contributed by atoms with van der Waals surface area (Å²) in [4.78, 5) is 4.50. The van der Waals surface area contributed by atoms with Crippen molar-refractivity contribution < 1.29 is 4.39 Å². The highest BCUT2D eigenvalue weighted by Crippen LogP contribution is 2.26. The second-order valence-electron chi connectivity index (χ2n) is 4.89. The lowest BCUT2D eigenvalue weighted by atomic mass is 10.1. The van der Waals surface area contributed by atoms with Crippen LogP contribution in [0.2, 0.25) is 5.02 Å². The Balaban J connectivity index is 1.95. The Morgan fingerprint density at radius 1 is 1.14 bits per heavy atom. The maximum atomic E-state index is 13.8. The van der Waals surface area contributed by atoms with Crippen molar-refractivity contribution in [2.75, 3.05) is 5.32 Å². The van der Waals surface area contributed by atoms with Crippen molar-refractivity contribution in [3.8, 4) is 0 Å². The molecule has 21 heavy (non-hydrogen) atoms. The predicted octanol–water partition coefficient (Wildman–Crippen LogP) is 4.95. The molecule has 2 nitrogen and oxygen atoms in total. The summed E-state index contributed by atoms with van der Waals surface area (Å²) in [7, 11) is 0. The van der Waals surface area contributed by atoms with Gasteiger partial charge in [-0.15, -0.1) is 0 Å². The van der Waals surface area contributed by atoms with E-state index in [0.717, 1.165) is 22.2 Å². The molecule has 3 rings (SSSR count). The second kappa shape index (κ2) is 5.70. The fraction of sp³-hybridized carbons (Fsp3) is 0.118. The number of hydrogen-bond acceptors (Lipinski definition) is 2. The predicted molar refractivity (Wildman–Crippen MR) is 85.2 cm³/mol. The van der Waals surface area contributed by atoms with E-state index in [0.29, 0.717) is 17.3 Å². The quantitative estimate of drug-likeness (QED) is 0.740. The Bertz CT molecular complexity index is 782. The number of rotatable bonds is 3. The minimum absolute atomic E-state index is 0.331. The number of anilines is 1. The van der Waals surface area contributed by atoms with Crippen LogP contribution in [0.15, 0.2) is 48.5 Å². The Morgan fingerprint density at radius 3 is 2.76 bits per heavy atom. The van der Waals surface area contributed by atoms with Gasteiger partial charge in [0.05, 0.1) is 16.2 Å². The first-order chi connectivity index (χ1) is 10.1. The Hall–Kier alpha value is -2.13. The highest BCUT2D eigenvalue weighted by Gasteiger charge is 2.08. The molecule has 0 saturated carbocycles. The van der Waals surface area contributed by atoms with Gasteiger partial charge in [-0.3, -0.25) is 4.98 Å². The number of para-hydroxylation sites is 2. The Labute approximate surface area is 127 Å². The van der Waals surface area contributed by atoms with Gasteiger partial charge in [-0.1, -0.05) is 35.9 Å². The van der Waals surface area contributed by atoms with Gasteiger partial charge >= 0.3 is 0 Å². The normalized spacial score (nSPS) is 10.8. The van der Waals surface area contributed by atoms with Crippen LogP contribution >= 0.6 is 11.6 Å². The van der Waals surface area contributed by atoms with E-state index in [1.165, 1.54) is 6.07 Å². The fourth-order valence-corrected chi connectivity index (χ4v) is 2.62. The van der Waals surface area contributed by atoms with Crippen LogP contribution in [0.4, 0.5) is 10.1 Å². The maximum absolute atomic E-state index is 13.8. The van der Waals surface area contributed by atoms with E-state index in [2.05, 4.69) is 10.3 Å². The second-order valence-corrected chi connectivity index (χ2v) is 5.30. The molecule has 1 N–H and O–H groups in total. The molecule has 2 aromatic carbocycles. The maximum Gasteiger partial charge on any atom is 0.147 e. The molecule has 0 fully saturated rings. The number of benzene rings is 2. The first kappa shape index (κ1) is 13.8. The fourth-order valence-electron chi connectivity index (χ4n) is 2.39. The van der Waals surface area contributed by atoms with E-state index < -0.39 is 0 Å². The first-order valence-corrected chi connectivity index (χ1v) is 7.06.